The maximum absolute atomic E-state index is 8.91. The summed E-state index contributed by atoms with van der Waals surface area (Å²) in [6.45, 7) is 5.25. The van der Waals surface area contributed by atoms with Crippen LogP contribution in [-0.2, 0) is 0 Å². The standard InChI is InChI=1S/C24H22BrN7O/c25-19-13-21-24(28-16-19)30-23(29-21)18-2-4-20(5-3-18)33-12-11-31-7-9-32(10-8-31)22-6-1-17(14-26)15-27-22/h1-6,13,15-16H,7-12H2,(H,28,29,30). The molecule has 0 bridgehead atoms. The average Bonchev–Trinajstić information content (AvgIpc) is 3.28. The number of nitrogens with zero attached hydrogens (tertiary/aromatic N) is 6. The third kappa shape index (κ3) is 4.97. The van der Waals surface area contributed by atoms with Crippen LogP contribution in [0.4, 0.5) is 5.82 Å². The lowest BCUT2D eigenvalue weighted by Gasteiger charge is -2.35. The van der Waals surface area contributed by atoms with E-state index in [1.807, 2.05) is 42.5 Å². The number of imidazole rings is 1. The molecule has 3 aromatic heterocycles. The minimum atomic E-state index is 0.588. The molecule has 0 radical (unpaired) electrons. The Balaban J connectivity index is 1.10. The van der Waals surface area contributed by atoms with E-state index in [1.54, 1.807) is 12.4 Å². The van der Waals surface area contributed by atoms with Crippen molar-refractivity contribution in [3.05, 3.63) is 64.9 Å². The molecule has 1 aliphatic rings. The van der Waals surface area contributed by atoms with Crippen LogP contribution in [-0.4, -0.2) is 64.2 Å². The van der Waals surface area contributed by atoms with Crippen molar-refractivity contribution in [3.8, 4) is 23.2 Å². The van der Waals surface area contributed by atoms with Crippen LogP contribution in [0.25, 0.3) is 22.6 Å². The van der Waals surface area contributed by atoms with Gasteiger partial charge in [0, 0.05) is 55.2 Å². The molecule has 166 valence electrons. The molecule has 1 saturated heterocycles. The number of halogens is 1. The SMILES string of the molecule is N#Cc1ccc(N2CCN(CCOc3ccc(-c4nc5cc(Br)cnc5[nH]4)cc3)CC2)nc1. The minimum Gasteiger partial charge on any atom is -0.492 e. The number of pyridine rings is 2. The Labute approximate surface area is 200 Å². The third-order valence-corrected chi connectivity index (χ3v) is 6.11. The summed E-state index contributed by atoms with van der Waals surface area (Å²) in [5.41, 5.74) is 3.17. The molecule has 0 atom stereocenters. The number of piperazine rings is 1. The zero-order valence-electron chi connectivity index (χ0n) is 17.9. The second kappa shape index (κ2) is 9.57. The Morgan fingerprint density at radius 2 is 1.85 bits per heavy atom. The number of hydrogen-bond donors (Lipinski definition) is 1. The van der Waals surface area contributed by atoms with Crippen LogP contribution in [0.2, 0.25) is 0 Å². The Kier molecular flexibility index (Phi) is 6.19. The fourth-order valence-corrected chi connectivity index (χ4v) is 4.17. The van der Waals surface area contributed by atoms with Gasteiger partial charge in [0.2, 0.25) is 0 Å². The van der Waals surface area contributed by atoms with Crippen molar-refractivity contribution in [2.24, 2.45) is 0 Å². The highest BCUT2D eigenvalue weighted by molar-refractivity contribution is 9.10. The molecule has 0 amide bonds. The summed E-state index contributed by atoms with van der Waals surface area (Å²) in [5.74, 6) is 2.56. The molecule has 1 fully saturated rings. The van der Waals surface area contributed by atoms with Crippen LogP contribution in [0.3, 0.4) is 0 Å². The lowest BCUT2D eigenvalue weighted by molar-refractivity contribution is 0.200. The van der Waals surface area contributed by atoms with Gasteiger partial charge in [0.1, 0.15) is 35.6 Å². The molecule has 0 saturated carbocycles. The van der Waals surface area contributed by atoms with E-state index in [1.165, 1.54) is 0 Å². The van der Waals surface area contributed by atoms with E-state index in [2.05, 4.69) is 51.7 Å². The van der Waals surface area contributed by atoms with Crippen LogP contribution >= 0.6 is 15.9 Å². The van der Waals surface area contributed by atoms with E-state index < -0.39 is 0 Å². The van der Waals surface area contributed by atoms with Gasteiger partial charge < -0.3 is 14.6 Å². The van der Waals surface area contributed by atoms with Crippen molar-refractivity contribution in [3.63, 3.8) is 0 Å². The Morgan fingerprint density at radius 1 is 1.03 bits per heavy atom. The molecule has 1 aromatic carbocycles. The Morgan fingerprint density at radius 3 is 2.58 bits per heavy atom. The maximum Gasteiger partial charge on any atom is 0.157 e. The number of nitrogens with one attached hydrogen (secondary N) is 1. The summed E-state index contributed by atoms with van der Waals surface area (Å²) in [6, 6.07) is 15.7. The molecule has 0 spiro atoms. The molecular weight excluding hydrogens is 482 g/mol. The summed E-state index contributed by atoms with van der Waals surface area (Å²) in [4.78, 5) is 21.3. The van der Waals surface area contributed by atoms with Crippen molar-refractivity contribution in [1.82, 2.24) is 24.8 Å². The fourth-order valence-electron chi connectivity index (χ4n) is 3.85. The predicted molar refractivity (Wildman–Crippen MR) is 130 cm³/mol. The maximum atomic E-state index is 8.91. The van der Waals surface area contributed by atoms with E-state index in [0.29, 0.717) is 12.2 Å². The largest absolute Gasteiger partial charge is 0.492 e. The molecular formula is C24H22BrN7O. The number of aromatic nitrogens is 4. The van der Waals surface area contributed by atoms with E-state index in [0.717, 1.165) is 71.3 Å². The molecule has 1 N–H and O–H groups in total. The first kappa shape index (κ1) is 21.4. The molecule has 4 heterocycles. The van der Waals surface area contributed by atoms with Gasteiger partial charge in [-0.15, -0.1) is 0 Å². The van der Waals surface area contributed by atoms with Crippen LogP contribution < -0.4 is 9.64 Å². The lowest BCUT2D eigenvalue weighted by atomic mass is 10.2. The highest BCUT2D eigenvalue weighted by atomic mass is 79.9. The number of rotatable bonds is 6. The second-order valence-electron chi connectivity index (χ2n) is 7.83. The number of benzene rings is 1. The number of anilines is 1. The molecule has 0 aliphatic carbocycles. The molecule has 4 aromatic rings. The number of hydrogen-bond acceptors (Lipinski definition) is 7. The van der Waals surface area contributed by atoms with Gasteiger partial charge in [-0.3, -0.25) is 4.90 Å². The van der Waals surface area contributed by atoms with Gasteiger partial charge in [0.05, 0.1) is 5.56 Å². The van der Waals surface area contributed by atoms with Crippen LogP contribution in [0.1, 0.15) is 5.56 Å². The monoisotopic (exact) mass is 503 g/mol. The predicted octanol–water partition coefficient (Wildman–Crippen LogP) is 3.86. The smallest absolute Gasteiger partial charge is 0.157 e. The van der Waals surface area contributed by atoms with E-state index in [4.69, 9.17) is 10.00 Å². The number of ether oxygens (including phenoxy) is 1. The molecule has 33 heavy (non-hydrogen) atoms. The summed E-state index contributed by atoms with van der Waals surface area (Å²) < 4.78 is 6.87. The van der Waals surface area contributed by atoms with Crippen LogP contribution in [0.5, 0.6) is 5.75 Å². The summed E-state index contributed by atoms with van der Waals surface area (Å²) >= 11 is 3.43. The summed E-state index contributed by atoms with van der Waals surface area (Å²) in [6.07, 6.45) is 3.38. The normalized spacial score (nSPS) is 14.4. The fraction of sp³-hybridized carbons (Fsp3) is 0.250. The minimum absolute atomic E-state index is 0.588. The lowest BCUT2D eigenvalue weighted by Crippen LogP contribution is -2.47. The van der Waals surface area contributed by atoms with Crippen molar-refractivity contribution in [2.75, 3.05) is 44.2 Å². The number of fused-ring (bicyclic) bond motifs is 1. The van der Waals surface area contributed by atoms with Crippen molar-refractivity contribution in [1.29, 1.82) is 5.26 Å². The first-order chi connectivity index (χ1) is 16.2. The van der Waals surface area contributed by atoms with Crippen LogP contribution in [0.15, 0.2) is 59.3 Å². The van der Waals surface area contributed by atoms with Crippen molar-refractivity contribution in [2.45, 2.75) is 0 Å². The Bertz CT molecular complexity index is 1270. The van der Waals surface area contributed by atoms with Gasteiger partial charge in [-0.2, -0.15) is 5.26 Å². The summed E-state index contributed by atoms with van der Waals surface area (Å²) in [5, 5.41) is 8.91. The first-order valence-electron chi connectivity index (χ1n) is 10.8. The van der Waals surface area contributed by atoms with Crippen molar-refractivity contribution >= 4 is 32.9 Å². The van der Waals surface area contributed by atoms with E-state index in [-0.39, 0.29) is 0 Å². The van der Waals surface area contributed by atoms with Gasteiger partial charge in [-0.05, 0) is 58.4 Å². The molecule has 5 rings (SSSR count). The third-order valence-electron chi connectivity index (χ3n) is 5.68. The van der Waals surface area contributed by atoms with Crippen molar-refractivity contribution < 1.29 is 4.74 Å². The number of aromatic amines is 1. The van der Waals surface area contributed by atoms with Gasteiger partial charge in [0.15, 0.2) is 5.65 Å². The average molecular weight is 504 g/mol. The first-order valence-corrected chi connectivity index (χ1v) is 11.6. The van der Waals surface area contributed by atoms with Crippen LogP contribution in [0, 0.1) is 11.3 Å². The Hall–Kier alpha value is -3.48. The second-order valence-corrected chi connectivity index (χ2v) is 8.74. The zero-order chi connectivity index (χ0) is 22.6. The van der Waals surface area contributed by atoms with Gasteiger partial charge in [-0.1, -0.05) is 0 Å². The quantitative estimate of drug-likeness (QED) is 0.426. The molecule has 1 aliphatic heterocycles. The highest BCUT2D eigenvalue weighted by Crippen LogP contribution is 2.23. The number of H-pyrrole nitrogens is 1. The van der Waals surface area contributed by atoms with Gasteiger partial charge in [-0.25, -0.2) is 15.0 Å². The van der Waals surface area contributed by atoms with E-state index in [9.17, 15) is 0 Å². The number of nitriles is 1. The van der Waals surface area contributed by atoms with E-state index >= 15 is 0 Å². The molecule has 9 heteroatoms. The van der Waals surface area contributed by atoms with Gasteiger partial charge in [0.25, 0.3) is 0 Å². The van der Waals surface area contributed by atoms with Gasteiger partial charge >= 0.3 is 0 Å². The highest BCUT2D eigenvalue weighted by Gasteiger charge is 2.18. The zero-order valence-corrected chi connectivity index (χ0v) is 19.5. The molecule has 8 nitrogen and oxygen atoms in total. The molecule has 0 unspecified atom stereocenters. The topological polar surface area (TPSA) is 94.0 Å². The summed E-state index contributed by atoms with van der Waals surface area (Å²) in [7, 11) is 0.